The number of phenols is 1. The highest BCUT2D eigenvalue weighted by Gasteiger charge is 2.04. The number of rotatable bonds is 3. The molecule has 0 heterocycles. The molecule has 2 rings (SSSR count). The summed E-state index contributed by atoms with van der Waals surface area (Å²) in [6, 6.07) is 12.7. The Hall–Kier alpha value is -2.00. The van der Waals surface area contributed by atoms with Crippen molar-refractivity contribution >= 4 is 5.69 Å². The highest BCUT2D eigenvalue weighted by Crippen LogP contribution is 2.30. The molecular formula is C14H15NO2. The van der Waals surface area contributed by atoms with E-state index in [0.717, 1.165) is 16.7 Å². The second kappa shape index (κ2) is 4.89. The molecule has 0 aliphatic heterocycles. The van der Waals surface area contributed by atoms with E-state index in [2.05, 4.69) is 0 Å². The van der Waals surface area contributed by atoms with Crippen LogP contribution in [0.4, 0.5) is 5.69 Å². The summed E-state index contributed by atoms with van der Waals surface area (Å²) in [6.07, 6.45) is 0.642. The first-order chi connectivity index (χ1) is 8.20. The third-order valence-corrected chi connectivity index (χ3v) is 2.69. The Kier molecular flexibility index (Phi) is 3.30. The second-order valence-corrected chi connectivity index (χ2v) is 3.95. The van der Waals surface area contributed by atoms with Crippen molar-refractivity contribution in [1.82, 2.24) is 0 Å². The van der Waals surface area contributed by atoms with Crippen LogP contribution in [-0.2, 0) is 6.42 Å². The number of aliphatic hydroxyl groups is 1. The fourth-order valence-electron chi connectivity index (χ4n) is 1.76. The first-order valence-electron chi connectivity index (χ1n) is 5.49. The molecule has 0 aliphatic rings. The van der Waals surface area contributed by atoms with Gasteiger partial charge in [0.1, 0.15) is 5.75 Å². The van der Waals surface area contributed by atoms with Crippen molar-refractivity contribution < 1.29 is 10.2 Å². The van der Waals surface area contributed by atoms with Gasteiger partial charge in [0.25, 0.3) is 0 Å². The minimum absolute atomic E-state index is 0.142. The van der Waals surface area contributed by atoms with Crippen molar-refractivity contribution in [3.8, 4) is 16.9 Å². The Labute approximate surface area is 100 Å². The van der Waals surface area contributed by atoms with E-state index < -0.39 is 0 Å². The van der Waals surface area contributed by atoms with Crippen LogP contribution < -0.4 is 5.73 Å². The molecule has 0 unspecified atom stereocenters. The topological polar surface area (TPSA) is 66.5 Å². The average molecular weight is 229 g/mol. The molecule has 0 amide bonds. The Morgan fingerprint density at radius 2 is 1.71 bits per heavy atom. The monoisotopic (exact) mass is 229 g/mol. The number of phenolic OH excluding ortho intramolecular Hbond substituents is 1. The van der Waals surface area contributed by atoms with E-state index in [9.17, 15) is 5.11 Å². The number of anilines is 1. The molecule has 0 saturated heterocycles. The molecule has 4 N–H and O–H groups in total. The molecule has 0 aliphatic carbocycles. The van der Waals surface area contributed by atoms with E-state index in [-0.39, 0.29) is 12.4 Å². The van der Waals surface area contributed by atoms with E-state index in [1.165, 1.54) is 0 Å². The summed E-state index contributed by atoms with van der Waals surface area (Å²) >= 11 is 0. The van der Waals surface area contributed by atoms with Crippen LogP contribution in [0.5, 0.6) is 5.75 Å². The van der Waals surface area contributed by atoms with Gasteiger partial charge in [-0.25, -0.2) is 0 Å². The Morgan fingerprint density at radius 3 is 2.35 bits per heavy atom. The largest absolute Gasteiger partial charge is 0.507 e. The summed E-state index contributed by atoms with van der Waals surface area (Å²) in [5.41, 5.74) is 9.03. The average Bonchev–Trinajstić information content (AvgIpc) is 2.34. The first kappa shape index (κ1) is 11.5. The van der Waals surface area contributed by atoms with E-state index in [4.69, 9.17) is 10.8 Å². The molecule has 0 atom stereocenters. The third-order valence-electron chi connectivity index (χ3n) is 2.69. The summed E-state index contributed by atoms with van der Waals surface area (Å²) < 4.78 is 0. The number of aliphatic hydroxyl groups excluding tert-OH is 1. The second-order valence-electron chi connectivity index (χ2n) is 3.95. The summed E-state index contributed by atoms with van der Waals surface area (Å²) in [4.78, 5) is 0. The van der Waals surface area contributed by atoms with E-state index in [1.807, 2.05) is 24.3 Å². The van der Waals surface area contributed by atoms with Crippen LogP contribution in [0.3, 0.4) is 0 Å². The lowest BCUT2D eigenvalue weighted by molar-refractivity contribution is 0.299. The van der Waals surface area contributed by atoms with E-state index in [0.29, 0.717) is 12.1 Å². The van der Waals surface area contributed by atoms with Crippen molar-refractivity contribution in [3.05, 3.63) is 48.0 Å². The molecule has 2 aromatic carbocycles. The van der Waals surface area contributed by atoms with Gasteiger partial charge in [-0.05, 0) is 35.7 Å². The minimum atomic E-state index is 0.142. The Balaban J connectivity index is 2.36. The Bertz CT molecular complexity index is 506. The van der Waals surface area contributed by atoms with Gasteiger partial charge in [-0.3, -0.25) is 0 Å². The van der Waals surface area contributed by atoms with Gasteiger partial charge in [0.15, 0.2) is 0 Å². The molecule has 88 valence electrons. The van der Waals surface area contributed by atoms with Gasteiger partial charge < -0.3 is 15.9 Å². The van der Waals surface area contributed by atoms with E-state index in [1.54, 1.807) is 18.2 Å². The Morgan fingerprint density at radius 1 is 1.00 bits per heavy atom. The van der Waals surface area contributed by atoms with Gasteiger partial charge in [-0.2, -0.15) is 0 Å². The van der Waals surface area contributed by atoms with Crippen molar-refractivity contribution in [1.29, 1.82) is 0 Å². The van der Waals surface area contributed by atoms with Crippen LogP contribution in [0.2, 0.25) is 0 Å². The van der Waals surface area contributed by atoms with Crippen molar-refractivity contribution in [2.45, 2.75) is 6.42 Å². The molecule has 0 spiro atoms. The number of hydrogen-bond donors (Lipinski definition) is 3. The lowest BCUT2D eigenvalue weighted by Crippen LogP contribution is -1.90. The summed E-state index contributed by atoms with van der Waals surface area (Å²) in [7, 11) is 0. The molecule has 0 aromatic heterocycles. The molecule has 0 fully saturated rings. The van der Waals surface area contributed by atoms with E-state index >= 15 is 0 Å². The molecule has 3 nitrogen and oxygen atoms in total. The predicted molar refractivity (Wildman–Crippen MR) is 68.7 cm³/mol. The smallest absolute Gasteiger partial charge is 0.123 e. The SMILES string of the molecule is Nc1ccc(O)c(-c2ccc(CCO)cc2)c1. The van der Waals surface area contributed by atoms with Gasteiger partial charge in [-0.1, -0.05) is 24.3 Å². The van der Waals surface area contributed by atoms with Crippen molar-refractivity contribution in [2.24, 2.45) is 0 Å². The van der Waals surface area contributed by atoms with Gasteiger partial charge in [0.2, 0.25) is 0 Å². The minimum Gasteiger partial charge on any atom is -0.507 e. The third kappa shape index (κ3) is 2.57. The number of hydrogen-bond acceptors (Lipinski definition) is 3. The van der Waals surface area contributed by atoms with Crippen molar-refractivity contribution in [3.63, 3.8) is 0 Å². The normalized spacial score (nSPS) is 10.4. The molecule has 3 heteroatoms. The van der Waals surface area contributed by atoms with Gasteiger partial charge in [0, 0.05) is 17.9 Å². The maximum absolute atomic E-state index is 9.77. The van der Waals surface area contributed by atoms with Crippen LogP contribution in [0.1, 0.15) is 5.56 Å². The van der Waals surface area contributed by atoms with Crippen LogP contribution in [0, 0.1) is 0 Å². The lowest BCUT2D eigenvalue weighted by atomic mass is 10.0. The van der Waals surface area contributed by atoms with Gasteiger partial charge >= 0.3 is 0 Å². The lowest BCUT2D eigenvalue weighted by Gasteiger charge is -2.07. The number of aromatic hydroxyl groups is 1. The number of nitrogens with two attached hydrogens (primary N) is 1. The highest BCUT2D eigenvalue weighted by molar-refractivity contribution is 5.73. The zero-order chi connectivity index (χ0) is 12.3. The van der Waals surface area contributed by atoms with Gasteiger partial charge in [0.05, 0.1) is 0 Å². The van der Waals surface area contributed by atoms with Gasteiger partial charge in [-0.15, -0.1) is 0 Å². The number of nitrogen functional groups attached to an aromatic ring is 1. The van der Waals surface area contributed by atoms with Crippen LogP contribution >= 0.6 is 0 Å². The fourth-order valence-corrected chi connectivity index (χ4v) is 1.76. The quantitative estimate of drug-likeness (QED) is 0.558. The predicted octanol–water partition coefficient (Wildman–Crippen LogP) is 2.18. The highest BCUT2D eigenvalue weighted by atomic mass is 16.3. The molecule has 2 aromatic rings. The number of benzene rings is 2. The van der Waals surface area contributed by atoms with Crippen LogP contribution in [-0.4, -0.2) is 16.8 Å². The molecule has 0 saturated carbocycles. The first-order valence-corrected chi connectivity index (χ1v) is 5.49. The standard InChI is InChI=1S/C14H15NO2/c15-12-5-6-14(17)13(9-12)11-3-1-10(2-4-11)7-8-16/h1-6,9,16-17H,7-8,15H2. The molecular weight excluding hydrogens is 214 g/mol. The summed E-state index contributed by atoms with van der Waals surface area (Å²) in [5, 5.41) is 18.6. The molecule has 0 bridgehead atoms. The zero-order valence-corrected chi connectivity index (χ0v) is 9.43. The maximum atomic E-state index is 9.77. The summed E-state index contributed by atoms with van der Waals surface area (Å²) in [6.45, 7) is 0.142. The summed E-state index contributed by atoms with van der Waals surface area (Å²) in [5.74, 6) is 0.217. The maximum Gasteiger partial charge on any atom is 0.123 e. The van der Waals surface area contributed by atoms with Crippen LogP contribution in [0.15, 0.2) is 42.5 Å². The molecule has 0 radical (unpaired) electrons. The fraction of sp³-hybridized carbons (Fsp3) is 0.143. The van der Waals surface area contributed by atoms with Crippen molar-refractivity contribution in [2.75, 3.05) is 12.3 Å². The molecule has 17 heavy (non-hydrogen) atoms. The zero-order valence-electron chi connectivity index (χ0n) is 9.43. The van der Waals surface area contributed by atoms with Crippen LogP contribution in [0.25, 0.3) is 11.1 Å².